The Morgan fingerprint density at radius 3 is 2.68 bits per heavy atom. The summed E-state index contributed by atoms with van der Waals surface area (Å²) in [5.74, 6) is -0.481. The van der Waals surface area contributed by atoms with Gasteiger partial charge in [-0.2, -0.15) is 0 Å². The molecular formula is C20H22N4O4. The lowest BCUT2D eigenvalue weighted by Crippen LogP contribution is -2.40. The molecule has 0 bridgehead atoms. The monoisotopic (exact) mass is 382 g/mol. The minimum atomic E-state index is -0.766. The molecule has 0 aliphatic heterocycles. The van der Waals surface area contributed by atoms with Gasteiger partial charge in [0.15, 0.2) is 11.2 Å². The number of carbonyl (C=O) groups is 1. The van der Waals surface area contributed by atoms with Crippen molar-refractivity contribution in [1.82, 2.24) is 18.7 Å². The predicted octanol–water partition coefficient (Wildman–Crippen LogP) is 1.97. The van der Waals surface area contributed by atoms with Crippen molar-refractivity contribution in [2.24, 2.45) is 0 Å². The number of esters is 1. The fourth-order valence-electron chi connectivity index (χ4n) is 3.14. The Morgan fingerprint density at radius 1 is 1.32 bits per heavy atom. The molecule has 0 radical (unpaired) electrons. The summed E-state index contributed by atoms with van der Waals surface area (Å²) >= 11 is 0. The van der Waals surface area contributed by atoms with Crippen molar-refractivity contribution in [2.75, 3.05) is 6.61 Å². The molecule has 0 N–H and O–H groups in total. The number of hydrogen-bond acceptors (Lipinski definition) is 5. The molecule has 3 rings (SSSR count). The zero-order chi connectivity index (χ0) is 20.4. The summed E-state index contributed by atoms with van der Waals surface area (Å²) in [6.45, 7) is 9.10. The topological polar surface area (TPSA) is 88.1 Å². The Kier molecular flexibility index (Phi) is 5.30. The van der Waals surface area contributed by atoms with Crippen LogP contribution in [-0.2, 0) is 16.1 Å². The number of allylic oxidation sites excluding steroid dienone is 1. The number of rotatable bonds is 6. The Morgan fingerprint density at radius 2 is 2.04 bits per heavy atom. The van der Waals surface area contributed by atoms with E-state index in [9.17, 15) is 14.4 Å². The molecule has 2 aromatic heterocycles. The van der Waals surface area contributed by atoms with E-state index in [0.29, 0.717) is 5.69 Å². The third kappa shape index (κ3) is 3.06. The first-order valence-electron chi connectivity index (χ1n) is 8.98. The first-order chi connectivity index (χ1) is 13.4. The second kappa shape index (κ2) is 7.67. The van der Waals surface area contributed by atoms with E-state index in [-0.39, 0.29) is 24.3 Å². The van der Waals surface area contributed by atoms with Crippen LogP contribution in [0.3, 0.4) is 0 Å². The summed E-state index contributed by atoms with van der Waals surface area (Å²) in [7, 11) is 0. The number of benzene rings is 1. The highest BCUT2D eigenvalue weighted by atomic mass is 16.5. The molecule has 28 heavy (non-hydrogen) atoms. The average Bonchev–Trinajstić information content (AvgIpc) is 3.11. The lowest BCUT2D eigenvalue weighted by molar-refractivity contribution is -0.146. The number of para-hydroxylation sites is 1. The standard InChI is InChI=1S/C20H22N4O4/c1-5-11-22-18(25)16-17(21-12-23(16)14(4)19(26)28-6-2)24(20(22)27)15-10-8-7-9-13(15)3/h5,7-10,12,14H,1,6,11H2,2-4H3. The highest BCUT2D eigenvalue weighted by molar-refractivity contribution is 5.79. The van der Waals surface area contributed by atoms with Crippen LogP contribution in [0.1, 0.15) is 25.5 Å². The fourth-order valence-corrected chi connectivity index (χ4v) is 3.14. The van der Waals surface area contributed by atoms with Crippen LogP contribution in [0.2, 0.25) is 0 Å². The van der Waals surface area contributed by atoms with Crippen LogP contribution in [0, 0.1) is 6.92 Å². The van der Waals surface area contributed by atoms with Crippen LogP contribution in [-0.4, -0.2) is 31.3 Å². The van der Waals surface area contributed by atoms with Crippen LogP contribution in [0.5, 0.6) is 0 Å². The lowest BCUT2D eigenvalue weighted by Gasteiger charge is -2.15. The highest BCUT2D eigenvalue weighted by Crippen LogP contribution is 2.19. The van der Waals surface area contributed by atoms with E-state index in [1.165, 1.54) is 21.5 Å². The highest BCUT2D eigenvalue weighted by Gasteiger charge is 2.24. The number of imidazole rings is 1. The number of nitrogens with zero attached hydrogens (tertiary/aromatic N) is 4. The van der Waals surface area contributed by atoms with E-state index >= 15 is 0 Å². The van der Waals surface area contributed by atoms with Crippen molar-refractivity contribution in [3.63, 3.8) is 0 Å². The molecule has 8 heteroatoms. The SMILES string of the molecule is C=CCn1c(=O)c2c(ncn2C(C)C(=O)OCC)n(-c2ccccc2C)c1=O. The molecule has 1 atom stereocenters. The summed E-state index contributed by atoms with van der Waals surface area (Å²) in [5.41, 5.74) is 0.775. The molecule has 8 nitrogen and oxygen atoms in total. The van der Waals surface area contributed by atoms with Crippen LogP contribution in [0.15, 0.2) is 52.8 Å². The molecule has 0 amide bonds. The number of carbonyl (C=O) groups excluding carboxylic acids is 1. The normalized spacial score (nSPS) is 12.1. The maximum absolute atomic E-state index is 13.1. The van der Waals surface area contributed by atoms with Gasteiger partial charge in [-0.25, -0.2) is 19.1 Å². The quantitative estimate of drug-likeness (QED) is 0.480. The van der Waals surface area contributed by atoms with Crippen molar-refractivity contribution >= 4 is 17.1 Å². The zero-order valence-corrected chi connectivity index (χ0v) is 16.1. The molecule has 3 aromatic rings. The summed E-state index contributed by atoms with van der Waals surface area (Å²) in [6, 6.07) is 6.56. The molecule has 0 saturated carbocycles. The molecular weight excluding hydrogens is 360 g/mol. The van der Waals surface area contributed by atoms with Crippen LogP contribution in [0.25, 0.3) is 16.9 Å². The second-order valence-corrected chi connectivity index (χ2v) is 6.36. The third-order valence-electron chi connectivity index (χ3n) is 4.57. The third-order valence-corrected chi connectivity index (χ3v) is 4.57. The van der Waals surface area contributed by atoms with Crippen molar-refractivity contribution in [3.05, 3.63) is 69.6 Å². The molecule has 146 valence electrons. The van der Waals surface area contributed by atoms with Crippen molar-refractivity contribution < 1.29 is 9.53 Å². The van der Waals surface area contributed by atoms with Crippen molar-refractivity contribution in [3.8, 4) is 5.69 Å². The fraction of sp³-hybridized carbons (Fsp3) is 0.300. The Hall–Kier alpha value is -3.42. The number of fused-ring (bicyclic) bond motifs is 1. The second-order valence-electron chi connectivity index (χ2n) is 6.36. The number of aromatic nitrogens is 4. The molecule has 1 unspecified atom stereocenters. The van der Waals surface area contributed by atoms with Gasteiger partial charge in [-0.05, 0) is 32.4 Å². The molecule has 2 heterocycles. The Bertz CT molecular complexity index is 1170. The lowest BCUT2D eigenvalue weighted by atomic mass is 10.2. The van der Waals surface area contributed by atoms with Gasteiger partial charge in [0.2, 0.25) is 0 Å². The largest absolute Gasteiger partial charge is 0.464 e. The Balaban J connectivity index is 2.41. The molecule has 0 saturated heterocycles. The summed E-state index contributed by atoms with van der Waals surface area (Å²) in [5, 5.41) is 0. The zero-order valence-electron chi connectivity index (χ0n) is 16.1. The molecule has 1 aromatic carbocycles. The number of aryl methyl sites for hydroxylation is 1. The van der Waals surface area contributed by atoms with Gasteiger partial charge in [0.05, 0.1) is 18.6 Å². The molecule has 0 aliphatic rings. The molecule has 0 fully saturated rings. The van der Waals surface area contributed by atoms with E-state index in [0.717, 1.165) is 10.1 Å². The van der Waals surface area contributed by atoms with Gasteiger partial charge in [0.1, 0.15) is 6.04 Å². The van der Waals surface area contributed by atoms with Crippen molar-refractivity contribution in [1.29, 1.82) is 0 Å². The maximum atomic E-state index is 13.1. The molecule has 0 aliphatic carbocycles. The van der Waals surface area contributed by atoms with E-state index in [1.807, 2.05) is 25.1 Å². The first kappa shape index (κ1) is 19.3. The molecule has 0 spiro atoms. The smallest absolute Gasteiger partial charge is 0.337 e. The predicted molar refractivity (Wildman–Crippen MR) is 106 cm³/mol. The van der Waals surface area contributed by atoms with Crippen LogP contribution >= 0.6 is 0 Å². The van der Waals surface area contributed by atoms with E-state index in [4.69, 9.17) is 4.74 Å². The summed E-state index contributed by atoms with van der Waals surface area (Å²) in [4.78, 5) is 42.7. The van der Waals surface area contributed by atoms with E-state index in [1.54, 1.807) is 19.9 Å². The van der Waals surface area contributed by atoms with Gasteiger partial charge >= 0.3 is 11.7 Å². The van der Waals surface area contributed by atoms with Gasteiger partial charge in [0, 0.05) is 6.54 Å². The van der Waals surface area contributed by atoms with Gasteiger partial charge < -0.3 is 9.30 Å². The Labute approximate surface area is 161 Å². The van der Waals surface area contributed by atoms with Crippen LogP contribution in [0.4, 0.5) is 0 Å². The first-order valence-corrected chi connectivity index (χ1v) is 8.98. The minimum Gasteiger partial charge on any atom is -0.464 e. The minimum absolute atomic E-state index is 0.0401. The van der Waals surface area contributed by atoms with Gasteiger partial charge in [-0.1, -0.05) is 24.3 Å². The van der Waals surface area contributed by atoms with E-state index < -0.39 is 23.3 Å². The summed E-state index contributed by atoms with van der Waals surface area (Å²) < 4.78 is 8.99. The number of ether oxygens (including phenoxy) is 1. The van der Waals surface area contributed by atoms with Gasteiger partial charge in [0.25, 0.3) is 5.56 Å². The van der Waals surface area contributed by atoms with E-state index in [2.05, 4.69) is 11.6 Å². The van der Waals surface area contributed by atoms with Gasteiger partial charge in [-0.15, -0.1) is 6.58 Å². The van der Waals surface area contributed by atoms with Crippen LogP contribution < -0.4 is 11.2 Å². The maximum Gasteiger partial charge on any atom is 0.337 e. The van der Waals surface area contributed by atoms with Gasteiger partial charge in [-0.3, -0.25) is 9.36 Å². The summed E-state index contributed by atoms with van der Waals surface area (Å²) in [6.07, 6.45) is 2.87. The number of hydrogen-bond donors (Lipinski definition) is 0. The van der Waals surface area contributed by atoms with Crippen molar-refractivity contribution in [2.45, 2.75) is 33.4 Å². The average molecular weight is 382 g/mol.